The molecule has 2 saturated heterocycles. The molecule has 1 N–H and O–H groups in total. The number of amides is 1. The molecule has 0 aliphatic carbocycles. The molecule has 0 spiro atoms. The van der Waals surface area contributed by atoms with Crippen LogP contribution in [0.2, 0.25) is 10.0 Å². The van der Waals surface area contributed by atoms with Gasteiger partial charge in [-0.3, -0.25) is 9.69 Å². The molecule has 0 radical (unpaired) electrons. The standard InChI is InChI=1S/C21H23Cl2N3O3S/c1-14-13-24(8-9-25(14)18-11-15(22)10-16(23)12-18)20-6-7-26(21(20)27)17-2-4-19(5-3-17)30(28)29/h2-5,10-12,14,20H,6-9,13H2,1H3,(H,28,29)/t14-,20+/m0/s1. The van der Waals surface area contributed by atoms with Crippen molar-refractivity contribution >= 4 is 51.6 Å². The summed E-state index contributed by atoms with van der Waals surface area (Å²) in [6, 6.07) is 12.3. The van der Waals surface area contributed by atoms with Crippen LogP contribution in [0, 0.1) is 0 Å². The SMILES string of the molecule is C[C@H]1CN([C@@H]2CCN(c3ccc(S(=O)O)cc3)C2=O)CCN1c1cc(Cl)cc(Cl)c1. The van der Waals surface area contributed by atoms with E-state index < -0.39 is 11.1 Å². The summed E-state index contributed by atoms with van der Waals surface area (Å²) in [5, 5.41) is 1.23. The van der Waals surface area contributed by atoms with Crippen LogP contribution in [0.5, 0.6) is 0 Å². The van der Waals surface area contributed by atoms with E-state index in [4.69, 9.17) is 27.8 Å². The molecule has 2 aliphatic rings. The zero-order chi connectivity index (χ0) is 21.4. The molecule has 3 atom stereocenters. The van der Waals surface area contributed by atoms with Crippen molar-refractivity contribution in [2.45, 2.75) is 30.3 Å². The van der Waals surface area contributed by atoms with Crippen LogP contribution in [-0.2, 0) is 15.9 Å². The lowest BCUT2D eigenvalue weighted by Crippen LogP contribution is -2.56. The predicted octanol–water partition coefficient (Wildman–Crippen LogP) is 3.89. The lowest BCUT2D eigenvalue weighted by molar-refractivity contribution is -0.121. The highest BCUT2D eigenvalue weighted by Crippen LogP contribution is 2.30. The lowest BCUT2D eigenvalue weighted by Gasteiger charge is -2.43. The van der Waals surface area contributed by atoms with E-state index in [9.17, 15) is 9.00 Å². The molecular formula is C21H23Cl2N3O3S. The number of anilines is 2. The van der Waals surface area contributed by atoms with Crippen molar-refractivity contribution in [2.24, 2.45) is 0 Å². The van der Waals surface area contributed by atoms with Crippen molar-refractivity contribution in [3.63, 3.8) is 0 Å². The second kappa shape index (κ2) is 8.85. The summed E-state index contributed by atoms with van der Waals surface area (Å²) in [5.74, 6) is 0.0827. The Hall–Kier alpha value is -1.64. The van der Waals surface area contributed by atoms with E-state index in [2.05, 4.69) is 16.7 Å². The highest BCUT2D eigenvalue weighted by molar-refractivity contribution is 7.79. The second-order valence-electron chi connectivity index (χ2n) is 7.70. The van der Waals surface area contributed by atoms with Crippen molar-refractivity contribution < 1.29 is 13.6 Å². The van der Waals surface area contributed by atoms with E-state index in [0.29, 0.717) is 21.5 Å². The summed E-state index contributed by atoms with van der Waals surface area (Å²) in [6.07, 6.45) is 0.766. The van der Waals surface area contributed by atoms with Crippen LogP contribution in [0.3, 0.4) is 0 Å². The summed E-state index contributed by atoms with van der Waals surface area (Å²) in [6.45, 7) is 5.13. The minimum Gasteiger partial charge on any atom is -0.366 e. The number of rotatable bonds is 4. The Bertz CT molecular complexity index is 952. The van der Waals surface area contributed by atoms with E-state index in [1.807, 2.05) is 12.1 Å². The third-order valence-electron chi connectivity index (χ3n) is 5.81. The Balaban J connectivity index is 1.43. The monoisotopic (exact) mass is 467 g/mol. The quantitative estimate of drug-likeness (QED) is 0.690. The number of carbonyl (C=O) groups excluding carboxylic acids is 1. The number of carbonyl (C=O) groups is 1. The van der Waals surface area contributed by atoms with E-state index in [1.54, 1.807) is 35.2 Å². The van der Waals surface area contributed by atoms with E-state index >= 15 is 0 Å². The fraction of sp³-hybridized carbons (Fsp3) is 0.381. The van der Waals surface area contributed by atoms with Gasteiger partial charge in [0.05, 0.1) is 10.9 Å². The number of hydrogen-bond acceptors (Lipinski definition) is 4. The van der Waals surface area contributed by atoms with Gasteiger partial charge in [-0.15, -0.1) is 0 Å². The molecule has 160 valence electrons. The van der Waals surface area contributed by atoms with Crippen LogP contribution in [0.1, 0.15) is 13.3 Å². The Morgan fingerprint density at radius 2 is 1.67 bits per heavy atom. The van der Waals surface area contributed by atoms with Gasteiger partial charge in [0.25, 0.3) is 0 Å². The Kier molecular flexibility index (Phi) is 6.36. The molecule has 0 bridgehead atoms. The minimum absolute atomic E-state index is 0.0827. The zero-order valence-electron chi connectivity index (χ0n) is 16.5. The number of nitrogens with zero attached hydrogens (tertiary/aromatic N) is 3. The normalized spacial score (nSPS) is 23.8. The van der Waals surface area contributed by atoms with Crippen LogP contribution in [0.25, 0.3) is 0 Å². The van der Waals surface area contributed by atoms with Crippen LogP contribution >= 0.6 is 23.2 Å². The van der Waals surface area contributed by atoms with Crippen molar-refractivity contribution in [2.75, 3.05) is 36.0 Å². The molecule has 2 aliphatic heterocycles. The van der Waals surface area contributed by atoms with Gasteiger partial charge in [-0.2, -0.15) is 0 Å². The number of halogens is 2. The molecule has 0 aromatic heterocycles. The zero-order valence-corrected chi connectivity index (χ0v) is 18.8. The van der Waals surface area contributed by atoms with Gasteiger partial charge in [0.15, 0.2) is 11.1 Å². The third-order valence-corrected chi connectivity index (χ3v) is 6.92. The first-order valence-corrected chi connectivity index (χ1v) is 11.7. The summed E-state index contributed by atoms with van der Waals surface area (Å²) in [5.41, 5.74) is 1.76. The van der Waals surface area contributed by atoms with Gasteiger partial charge < -0.3 is 14.4 Å². The maximum absolute atomic E-state index is 13.1. The average molecular weight is 468 g/mol. The first-order chi connectivity index (χ1) is 14.3. The van der Waals surface area contributed by atoms with Crippen LogP contribution in [-0.4, -0.2) is 57.8 Å². The summed E-state index contributed by atoms with van der Waals surface area (Å²) in [7, 11) is 0. The largest absolute Gasteiger partial charge is 0.366 e. The van der Waals surface area contributed by atoms with Crippen LogP contribution in [0.4, 0.5) is 11.4 Å². The van der Waals surface area contributed by atoms with Crippen molar-refractivity contribution in [1.29, 1.82) is 0 Å². The Labute approximate surface area is 188 Å². The smallest absolute Gasteiger partial charge is 0.244 e. The fourth-order valence-corrected chi connectivity index (χ4v) is 5.24. The molecule has 2 aromatic rings. The molecule has 2 heterocycles. The van der Waals surface area contributed by atoms with Crippen molar-refractivity contribution in [3.05, 3.63) is 52.5 Å². The maximum atomic E-state index is 13.1. The highest BCUT2D eigenvalue weighted by atomic mass is 35.5. The Morgan fingerprint density at radius 3 is 2.27 bits per heavy atom. The highest BCUT2D eigenvalue weighted by Gasteiger charge is 2.39. The van der Waals surface area contributed by atoms with Gasteiger partial charge in [-0.05, 0) is 55.8 Å². The van der Waals surface area contributed by atoms with E-state index in [-0.39, 0.29) is 18.0 Å². The Morgan fingerprint density at radius 1 is 1.00 bits per heavy atom. The topological polar surface area (TPSA) is 64.1 Å². The predicted molar refractivity (Wildman–Crippen MR) is 121 cm³/mol. The molecule has 6 nitrogen and oxygen atoms in total. The molecule has 2 fully saturated rings. The number of benzene rings is 2. The van der Waals surface area contributed by atoms with Crippen LogP contribution in [0.15, 0.2) is 47.4 Å². The van der Waals surface area contributed by atoms with E-state index in [1.165, 1.54) is 0 Å². The van der Waals surface area contributed by atoms with Gasteiger partial charge >= 0.3 is 0 Å². The molecule has 1 unspecified atom stereocenters. The van der Waals surface area contributed by atoms with Gasteiger partial charge in [0.2, 0.25) is 5.91 Å². The first kappa shape index (κ1) is 21.6. The summed E-state index contributed by atoms with van der Waals surface area (Å²) < 4.78 is 20.3. The molecular weight excluding hydrogens is 445 g/mol. The maximum Gasteiger partial charge on any atom is 0.244 e. The van der Waals surface area contributed by atoms with Gasteiger partial charge in [0, 0.05) is 53.6 Å². The minimum atomic E-state index is -2.02. The molecule has 9 heteroatoms. The van der Waals surface area contributed by atoms with Crippen molar-refractivity contribution in [3.8, 4) is 0 Å². The average Bonchev–Trinajstić information content (AvgIpc) is 3.08. The molecule has 30 heavy (non-hydrogen) atoms. The number of piperazine rings is 1. The van der Waals surface area contributed by atoms with Gasteiger partial charge in [0.1, 0.15) is 0 Å². The van der Waals surface area contributed by atoms with Gasteiger partial charge in [-0.25, -0.2) is 4.21 Å². The van der Waals surface area contributed by atoms with E-state index in [0.717, 1.165) is 37.4 Å². The lowest BCUT2D eigenvalue weighted by atomic mass is 10.1. The van der Waals surface area contributed by atoms with Crippen LogP contribution < -0.4 is 9.80 Å². The third kappa shape index (κ3) is 4.36. The van der Waals surface area contributed by atoms with Crippen molar-refractivity contribution in [1.82, 2.24) is 4.90 Å². The molecule has 1 amide bonds. The van der Waals surface area contributed by atoms with Gasteiger partial charge in [-0.1, -0.05) is 23.2 Å². The summed E-state index contributed by atoms with van der Waals surface area (Å²) >= 11 is 10.3. The molecule has 4 rings (SSSR count). The summed E-state index contributed by atoms with van der Waals surface area (Å²) in [4.78, 5) is 19.7. The first-order valence-electron chi connectivity index (χ1n) is 9.82. The molecule has 0 saturated carbocycles. The fourth-order valence-electron chi connectivity index (χ4n) is 4.36. The number of hydrogen-bond donors (Lipinski definition) is 1. The molecule has 2 aromatic carbocycles. The second-order valence-corrected chi connectivity index (χ2v) is 9.54.